The highest BCUT2D eigenvalue weighted by atomic mass is 16.5. The summed E-state index contributed by atoms with van der Waals surface area (Å²) in [5, 5.41) is 12.1. The van der Waals surface area contributed by atoms with E-state index in [0.29, 0.717) is 11.5 Å². The van der Waals surface area contributed by atoms with E-state index in [2.05, 4.69) is 4.98 Å². The van der Waals surface area contributed by atoms with Gasteiger partial charge in [0, 0.05) is 17.1 Å². The summed E-state index contributed by atoms with van der Waals surface area (Å²) >= 11 is 0. The fourth-order valence-corrected chi connectivity index (χ4v) is 4.84. The van der Waals surface area contributed by atoms with Crippen LogP contribution in [0.3, 0.4) is 0 Å². The fourth-order valence-electron chi connectivity index (χ4n) is 4.84. The summed E-state index contributed by atoms with van der Waals surface area (Å²) in [6, 6.07) is 9.46. The number of hydrogen-bond donors (Lipinski definition) is 1. The topological polar surface area (TPSA) is 64.3 Å². The van der Waals surface area contributed by atoms with Gasteiger partial charge in [0.05, 0.1) is 29.6 Å². The van der Waals surface area contributed by atoms with Crippen molar-refractivity contribution in [1.82, 2.24) is 9.55 Å². The number of hydrogen-bond acceptors (Lipinski definition) is 4. The average molecular weight is 362 g/mol. The number of fused-ring (bicyclic) bond motifs is 5. The molecule has 2 aliphatic rings. The molecule has 0 saturated heterocycles. The van der Waals surface area contributed by atoms with Crippen molar-refractivity contribution in [3.8, 4) is 11.4 Å². The normalized spacial score (nSPS) is 19.1. The standard InChI is InChI=1S/C22H22N2O3/c1-27-22(26)14-9-10-15-17(12-14)24-20(18(15)13-6-3-2-4-7-13)19-16(21(24)25)8-5-11-23-19/h5,8-13,21,25H,2-4,6-7H2,1H3. The van der Waals surface area contributed by atoms with Crippen LogP contribution in [-0.4, -0.2) is 27.7 Å². The van der Waals surface area contributed by atoms with E-state index in [4.69, 9.17) is 4.74 Å². The van der Waals surface area contributed by atoms with Gasteiger partial charge in [-0.25, -0.2) is 4.79 Å². The Hall–Kier alpha value is -2.66. The minimum absolute atomic E-state index is 0.366. The van der Waals surface area contributed by atoms with Gasteiger partial charge in [0.25, 0.3) is 0 Å². The molecule has 1 N–H and O–H groups in total. The van der Waals surface area contributed by atoms with Gasteiger partial charge in [-0.1, -0.05) is 31.4 Å². The van der Waals surface area contributed by atoms with Crippen LogP contribution in [0.2, 0.25) is 0 Å². The van der Waals surface area contributed by atoms with Crippen molar-refractivity contribution in [2.75, 3.05) is 7.11 Å². The maximum Gasteiger partial charge on any atom is 0.337 e. The molecule has 1 atom stereocenters. The van der Waals surface area contributed by atoms with Gasteiger partial charge in [-0.2, -0.15) is 0 Å². The maximum atomic E-state index is 12.1. The Labute approximate surface area is 157 Å². The van der Waals surface area contributed by atoms with E-state index >= 15 is 0 Å². The summed E-state index contributed by atoms with van der Waals surface area (Å²) in [6.07, 6.45) is 7.06. The number of pyridine rings is 1. The number of ether oxygens (including phenoxy) is 1. The summed E-state index contributed by atoms with van der Waals surface area (Å²) in [6.45, 7) is 0. The second-order valence-corrected chi connectivity index (χ2v) is 7.51. The van der Waals surface area contributed by atoms with E-state index in [0.717, 1.165) is 40.7 Å². The lowest BCUT2D eigenvalue weighted by Gasteiger charge is -2.22. The summed E-state index contributed by atoms with van der Waals surface area (Å²) in [5.41, 5.74) is 5.35. The van der Waals surface area contributed by atoms with Crippen molar-refractivity contribution >= 4 is 16.9 Å². The van der Waals surface area contributed by atoms with Crippen molar-refractivity contribution < 1.29 is 14.6 Å². The highest BCUT2D eigenvalue weighted by molar-refractivity contribution is 5.99. The Morgan fingerprint density at radius 2 is 2.04 bits per heavy atom. The molecule has 5 rings (SSSR count). The number of methoxy groups -OCH3 is 1. The number of carbonyl (C=O) groups is 1. The summed E-state index contributed by atoms with van der Waals surface area (Å²) in [5.74, 6) is 0.0939. The molecule has 0 amide bonds. The first-order valence-corrected chi connectivity index (χ1v) is 9.60. The Kier molecular flexibility index (Phi) is 3.79. The molecule has 3 aromatic rings. The number of aliphatic hydroxyl groups is 1. The van der Waals surface area contributed by atoms with Crippen molar-refractivity contribution in [1.29, 1.82) is 0 Å². The number of esters is 1. The molecule has 27 heavy (non-hydrogen) atoms. The first-order chi connectivity index (χ1) is 13.2. The predicted molar refractivity (Wildman–Crippen MR) is 103 cm³/mol. The molecule has 1 saturated carbocycles. The van der Waals surface area contributed by atoms with Crippen LogP contribution in [0.25, 0.3) is 22.3 Å². The maximum absolute atomic E-state index is 12.1. The van der Waals surface area contributed by atoms with Crippen LogP contribution in [0.5, 0.6) is 0 Å². The highest BCUT2D eigenvalue weighted by Gasteiger charge is 2.36. The van der Waals surface area contributed by atoms with Crippen molar-refractivity contribution in [2.24, 2.45) is 0 Å². The molecule has 0 radical (unpaired) electrons. The lowest BCUT2D eigenvalue weighted by Crippen LogP contribution is -2.06. The van der Waals surface area contributed by atoms with Gasteiger partial charge in [-0.3, -0.25) is 4.98 Å². The van der Waals surface area contributed by atoms with Crippen LogP contribution >= 0.6 is 0 Å². The van der Waals surface area contributed by atoms with Gasteiger partial charge in [0.15, 0.2) is 6.23 Å². The Bertz CT molecular complexity index is 1050. The monoisotopic (exact) mass is 362 g/mol. The zero-order chi connectivity index (χ0) is 18.5. The number of aromatic nitrogens is 2. The third-order valence-electron chi connectivity index (χ3n) is 6.06. The summed E-state index contributed by atoms with van der Waals surface area (Å²) < 4.78 is 6.84. The second kappa shape index (κ2) is 6.20. The third kappa shape index (κ3) is 2.34. The zero-order valence-corrected chi connectivity index (χ0v) is 15.3. The number of rotatable bonds is 2. The summed E-state index contributed by atoms with van der Waals surface area (Å²) in [4.78, 5) is 16.7. The van der Waals surface area contributed by atoms with Crippen LogP contribution in [0.15, 0.2) is 36.5 Å². The first kappa shape index (κ1) is 16.5. The van der Waals surface area contributed by atoms with E-state index in [1.165, 1.54) is 31.9 Å². The Morgan fingerprint density at radius 1 is 1.22 bits per heavy atom. The Balaban J connectivity index is 1.82. The second-order valence-electron chi connectivity index (χ2n) is 7.51. The minimum atomic E-state index is -0.781. The minimum Gasteiger partial charge on any atom is -0.465 e. The molecular weight excluding hydrogens is 340 g/mol. The molecule has 1 aromatic carbocycles. The molecule has 1 aliphatic carbocycles. The largest absolute Gasteiger partial charge is 0.465 e. The van der Waals surface area contributed by atoms with Crippen LogP contribution in [0.1, 0.15) is 65.7 Å². The molecule has 1 aliphatic heterocycles. The zero-order valence-electron chi connectivity index (χ0n) is 15.3. The number of aliphatic hydroxyl groups excluding tert-OH is 1. The summed E-state index contributed by atoms with van der Waals surface area (Å²) in [7, 11) is 1.39. The van der Waals surface area contributed by atoms with Crippen LogP contribution in [0.4, 0.5) is 0 Å². The highest BCUT2D eigenvalue weighted by Crippen LogP contribution is 2.49. The van der Waals surface area contributed by atoms with Crippen molar-refractivity contribution in [3.63, 3.8) is 0 Å². The van der Waals surface area contributed by atoms with E-state index in [9.17, 15) is 9.90 Å². The third-order valence-corrected chi connectivity index (χ3v) is 6.06. The number of nitrogens with zero attached hydrogens (tertiary/aromatic N) is 2. The van der Waals surface area contributed by atoms with Crippen LogP contribution in [0, 0.1) is 0 Å². The van der Waals surface area contributed by atoms with Gasteiger partial charge in [-0.15, -0.1) is 0 Å². The van der Waals surface area contributed by atoms with Crippen molar-refractivity contribution in [2.45, 2.75) is 44.2 Å². The van der Waals surface area contributed by atoms with Crippen molar-refractivity contribution in [3.05, 3.63) is 53.2 Å². The van der Waals surface area contributed by atoms with E-state index < -0.39 is 6.23 Å². The molecule has 1 unspecified atom stereocenters. The quantitative estimate of drug-likeness (QED) is 0.687. The van der Waals surface area contributed by atoms with Gasteiger partial charge < -0.3 is 14.4 Å². The van der Waals surface area contributed by atoms with E-state index in [1.807, 2.05) is 34.9 Å². The molecular formula is C22H22N2O3. The van der Waals surface area contributed by atoms with E-state index in [-0.39, 0.29) is 5.97 Å². The van der Waals surface area contributed by atoms with E-state index in [1.54, 1.807) is 6.20 Å². The molecule has 5 nitrogen and oxygen atoms in total. The van der Waals surface area contributed by atoms with Crippen LogP contribution in [-0.2, 0) is 4.74 Å². The number of carbonyl (C=O) groups excluding carboxylic acids is 1. The number of benzene rings is 1. The Morgan fingerprint density at radius 3 is 2.81 bits per heavy atom. The molecule has 1 fully saturated rings. The SMILES string of the molecule is COC(=O)c1ccc2c(C3CCCCC3)c3n(c2c1)C(O)c1cccnc1-3. The molecule has 0 bridgehead atoms. The molecule has 2 aromatic heterocycles. The van der Waals surface area contributed by atoms with Gasteiger partial charge >= 0.3 is 5.97 Å². The fraction of sp³-hybridized carbons (Fsp3) is 0.364. The molecule has 138 valence electrons. The van der Waals surface area contributed by atoms with Gasteiger partial charge in [0.1, 0.15) is 0 Å². The molecule has 5 heteroatoms. The lowest BCUT2D eigenvalue weighted by molar-refractivity contribution is 0.0600. The lowest BCUT2D eigenvalue weighted by atomic mass is 9.82. The smallest absolute Gasteiger partial charge is 0.337 e. The van der Waals surface area contributed by atoms with Gasteiger partial charge in [0.2, 0.25) is 0 Å². The first-order valence-electron chi connectivity index (χ1n) is 9.60. The molecule has 3 heterocycles. The predicted octanol–water partition coefficient (Wildman–Crippen LogP) is 4.39. The van der Waals surface area contributed by atoms with Crippen LogP contribution < -0.4 is 0 Å². The van der Waals surface area contributed by atoms with Gasteiger partial charge in [-0.05, 0) is 42.5 Å². The average Bonchev–Trinajstić information content (AvgIpc) is 3.21. The molecule has 0 spiro atoms.